The molecule has 3 N–H and O–H groups in total. The molecule has 0 aromatic heterocycles. The highest BCUT2D eigenvalue weighted by Gasteiger charge is 2.29. The van der Waals surface area contributed by atoms with Crippen molar-refractivity contribution >= 4 is 41.2 Å². The minimum atomic E-state index is -0.626. The van der Waals surface area contributed by atoms with E-state index in [2.05, 4.69) is 22.0 Å². The maximum absolute atomic E-state index is 12.7. The first-order valence-electron chi connectivity index (χ1n) is 12.0. The van der Waals surface area contributed by atoms with E-state index in [1.807, 2.05) is 18.2 Å². The number of urea groups is 1. The van der Waals surface area contributed by atoms with E-state index < -0.39 is 11.7 Å². The van der Waals surface area contributed by atoms with Crippen LogP contribution in [0.3, 0.4) is 0 Å². The van der Waals surface area contributed by atoms with Crippen molar-refractivity contribution in [3.8, 4) is 0 Å². The van der Waals surface area contributed by atoms with E-state index in [-0.39, 0.29) is 18.5 Å². The van der Waals surface area contributed by atoms with Gasteiger partial charge in [0, 0.05) is 23.8 Å². The second-order valence-electron chi connectivity index (χ2n) is 9.95. The van der Waals surface area contributed by atoms with Gasteiger partial charge in [-0.1, -0.05) is 41.4 Å². The largest absolute Gasteiger partial charge is 0.444 e. The van der Waals surface area contributed by atoms with Gasteiger partial charge in [0.15, 0.2) is 0 Å². The molecule has 0 aromatic carbocycles. The van der Waals surface area contributed by atoms with Crippen molar-refractivity contribution in [2.24, 2.45) is 11.8 Å². The number of likely N-dealkylation sites (tertiary alicyclic amines) is 1. The molecule has 0 spiro atoms. The van der Waals surface area contributed by atoms with Crippen molar-refractivity contribution in [2.75, 3.05) is 19.6 Å². The lowest BCUT2D eigenvalue weighted by molar-refractivity contribution is -0.119. The lowest BCUT2D eigenvalue weighted by Gasteiger charge is -2.36. The number of hydrogen-bond donors (Lipinski definition) is 3. The van der Waals surface area contributed by atoms with Crippen molar-refractivity contribution in [1.82, 2.24) is 20.9 Å². The highest BCUT2D eigenvalue weighted by molar-refractivity contribution is 6.36. The third kappa shape index (κ3) is 8.32. The Hall–Kier alpha value is -2.45. The number of alkyl carbamates (subject to hydrolysis) is 1. The topological polar surface area (TPSA) is 99.8 Å². The van der Waals surface area contributed by atoms with Crippen LogP contribution in [0.25, 0.3) is 0 Å². The zero-order valence-corrected chi connectivity index (χ0v) is 22.0. The number of hydrogen-bond acceptors (Lipinski definition) is 4. The Kier molecular flexibility index (Phi) is 9.30. The first kappa shape index (κ1) is 27.1. The Morgan fingerprint density at radius 3 is 2.43 bits per heavy atom. The average molecular weight is 525 g/mol. The molecule has 8 nitrogen and oxygen atoms in total. The molecule has 1 heterocycles. The van der Waals surface area contributed by atoms with Crippen molar-refractivity contribution < 1.29 is 19.1 Å². The number of nitrogens with one attached hydrogen (secondary N) is 3. The fourth-order valence-electron chi connectivity index (χ4n) is 4.28. The molecule has 4 amide bonds. The van der Waals surface area contributed by atoms with Crippen LogP contribution in [-0.2, 0) is 9.53 Å². The Morgan fingerprint density at radius 1 is 1.11 bits per heavy atom. The molecule has 0 aromatic rings. The number of carbonyl (C=O) groups excluding carboxylic acids is 3. The van der Waals surface area contributed by atoms with Gasteiger partial charge in [-0.15, -0.1) is 0 Å². The van der Waals surface area contributed by atoms with Crippen LogP contribution in [-0.4, -0.2) is 48.2 Å². The first-order valence-corrected chi connectivity index (χ1v) is 12.7. The molecule has 1 aliphatic heterocycles. The van der Waals surface area contributed by atoms with Crippen LogP contribution in [0.2, 0.25) is 0 Å². The SMILES string of the molecule is CC(C)(C)OC(=O)NCC(=O)NC1=CCC(C2CCN(C(=O)NC3=C(Cl)CCC=C3Cl)CC2)C=C1. The Balaban J connectivity index is 1.39. The summed E-state index contributed by atoms with van der Waals surface area (Å²) in [5.74, 6) is 0.500. The van der Waals surface area contributed by atoms with Gasteiger partial charge in [-0.25, -0.2) is 9.59 Å². The van der Waals surface area contributed by atoms with Crippen molar-refractivity contribution in [2.45, 2.75) is 58.5 Å². The standard InChI is InChI=1S/C25H34Cl2N4O4/c1-25(2,3)35-24(34)28-15-21(32)29-18-9-7-16(8-10-18)17-11-13-31(14-12-17)23(33)30-22-19(26)5-4-6-20(22)27/h5,7,9-10,16-17H,4,6,8,11-15H2,1-3H3,(H,28,34)(H,29,32)(H,30,33). The van der Waals surface area contributed by atoms with E-state index in [1.54, 1.807) is 25.7 Å². The van der Waals surface area contributed by atoms with Crippen LogP contribution >= 0.6 is 23.2 Å². The second kappa shape index (κ2) is 12.0. The van der Waals surface area contributed by atoms with E-state index in [9.17, 15) is 14.4 Å². The number of halogens is 2. The Labute approximate surface area is 216 Å². The van der Waals surface area contributed by atoms with Gasteiger partial charge >= 0.3 is 12.1 Å². The molecule has 1 fully saturated rings. The van der Waals surface area contributed by atoms with Gasteiger partial charge in [-0.3, -0.25) is 4.79 Å². The molecular weight excluding hydrogens is 491 g/mol. The highest BCUT2D eigenvalue weighted by Crippen LogP contribution is 2.32. The summed E-state index contributed by atoms with van der Waals surface area (Å²) >= 11 is 12.4. The van der Waals surface area contributed by atoms with Crippen LogP contribution < -0.4 is 16.0 Å². The summed E-state index contributed by atoms with van der Waals surface area (Å²) in [5.41, 5.74) is 0.621. The third-order valence-electron chi connectivity index (χ3n) is 6.07. The summed E-state index contributed by atoms with van der Waals surface area (Å²) < 4.78 is 5.13. The third-order valence-corrected chi connectivity index (χ3v) is 6.79. The molecular formula is C25H34Cl2N4O4. The zero-order chi connectivity index (χ0) is 25.6. The van der Waals surface area contributed by atoms with Gasteiger partial charge in [-0.2, -0.15) is 0 Å². The number of carbonyl (C=O) groups is 3. The minimum Gasteiger partial charge on any atom is -0.444 e. The second-order valence-corrected chi connectivity index (χ2v) is 10.8. The maximum Gasteiger partial charge on any atom is 0.408 e. The van der Waals surface area contributed by atoms with E-state index in [0.29, 0.717) is 47.1 Å². The summed E-state index contributed by atoms with van der Waals surface area (Å²) in [7, 11) is 0. The molecule has 1 saturated heterocycles. The molecule has 0 radical (unpaired) electrons. The number of rotatable bonds is 5. The maximum atomic E-state index is 12.7. The summed E-state index contributed by atoms with van der Waals surface area (Å²) in [5, 5.41) is 9.20. The number of amides is 4. The molecule has 3 rings (SSSR count). The van der Waals surface area contributed by atoms with Crippen molar-refractivity contribution in [1.29, 1.82) is 0 Å². The van der Waals surface area contributed by atoms with Crippen LogP contribution in [0.5, 0.6) is 0 Å². The van der Waals surface area contributed by atoms with Crippen LogP contribution in [0.15, 0.2) is 45.8 Å². The smallest absolute Gasteiger partial charge is 0.408 e. The number of piperidine rings is 1. The highest BCUT2D eigenvalue weighted by atomic mass is 35.5. The Bertz CT molecular complexity index is 957. The molecule has 2 aliphatic carbocycles. The van der Waals surface area contributed by atoms with Crippen LogP contribution in [0.4, 0.5) is 9.59 Å². The summed E-state index contributed by atoms with van der Waals surface area (Å²) in [6.45, 7) is 6.45. The average Bonchev–Trinajstić information content (AvgIpc) is 2.80. The lowest BCUT2D eigenvalue weighted by atomic mass is 9.80. The molecule has 0 saturated carbocycles. The van der Waals surface area contributed by atoms with Gasteiger partial charge in [0.2, 0.25) is 5.91 Å². The fourth-order valence-corrected chi connectivity index (χ4v) is 4.85. The first-order chi connectivity index (χ1) is 16.5. The van der Waals surface area contributed by atoms with Crippen LogP contribution in [0.1, 0.15) is 52.9 Å². The van der Waals surface area contributed by atoms with Crippen LogP contribution in [0, 0.1) is 11.8 Å². The summed E-state index contributed by atoms with van der Waals surface area (Å²) in [6.07, 6.45) is 11.3. The normalized spacial score (nSPS) is 21.2. The monoisotopic (exact) mass is 524 g/mol. The minimum absolute atomic E-state index is 0.160. The van der Waals surface area contributed by atoms with Crippen molar-refractivity contribution in [3.63, 3.8) is 0 Å². The number of allylic oxidation sites excluding steroid dienone is 6. The predicted octanol–water partition coefficient (Wildman–Crippen LogP) is 4.88. The molecule has 35 heavy (non-hydrogen) atoms. The molecule has 192 valence electrons. The molecule has 1 atom stereocenters. The van der Waals surface area contributed by atoms with E-state index in [1.165, 1.54) is 0 Å². The quantitative estimate of drug-likeness (QED) is 0.477. The summed E-state index contributed by atoms with van der Waals surface area (Å²) in [6, 6.07) is -0.172. The van der Waals surface area contributed by atoms with E-state index >= 15 is 0 Å². The molecule has 3 aliphatic rings. The van der Waals surface area contributed by atoms with Gasteiger partial charge in [0.25, 0.3) is 0 Å². The van der Waals surface area contributed by atoms with Gasteiger partial charge in [-0.05, 0) is 70.8 Å². The lowest BCUT2D eigenvalue weighted by Crippen LogP contribution is -2.45. The summed E-state index contributed by atoms with van der Waals surface area (Å²) in [4.78, 5) is 38.3. The fraction of sp³-hybridized carbons (Fsp3) is 0.560. The number of ether oxygens (including phenoxy) is 1. The van der Waals surface area contributed by atoms with E-state index in [0.717, 1.165) is 31.4 Å². The van der Waals surface area contributed by atoms with E-state index in [4.69, 9.17) is 27.9 Å². The van der Waals surface area contributed by atoms with Gasteiger partial charge in [0.05, 0.1) is 10.7 Å². The van der Waals surface area contributed by atoms with Gasteiger partial charge in [0.1, 0.15) is 12.1 Å². The zero-order valence-electron chi connectivity index (χ0n) is 20.5. The van der Waals surface area contributed by atoms with Gasteiger partial charge < -0.3 is 25.6 Å². The van der Waals surface area contributed by atoms with Crippen molar-refractivity contribution in [3.05, 3.63) is 45.8 Å². The predicted molar refractivity (Wildman–Crippen MR) is 137 cm³/mol. The molecule has 10 heteroatoms. The number of nitrogens with zero attached hydrogens (tertiary/aromatic N) is 1. The molecule has 1 unspecified atom stereocenters. The Morgan fingerprint density at radius 2 is 1.83 bits per heavy atom. The molecule has 0 bridgehead atoms.